The fourth-order valence-corrected chi connectivity index (χ4v) is 2.22. The zero-order chi connectivity index (χ0) is 15.0. The molecular formula is C15H15ClN2O3. The number of rotatable bonds is 4. The van der Waals surface area contributed by atoms with Crippen LogP contribution < -0.4 is 5.32 Å². The minimum Gasteiger partial charge on any atom is -0.385 e. The van der Waals surface area contributed by atoms with E-state index in [1.807, 2.05) is 0 Å². The molecule has 6 heteroatoms. The molecule has 1 heterocycles. The lowest BCUT2D eigenvalue weighted by molar-refractivity contribution is 0.0938. The van der Waals surface area contributed by atoms with Crippen molar-refractivity contribution < 1.29 is 14.4 Å². The van der Waals surface area contributed by atoms with Gasteiger partial charge in [-0.3, -0.25) is 4.79 Å². The number of carbonyl (C=O) groups excluding carboxylic acids is 1. The molecule has 1 aliphatic carbocycles. The van der Waals surface area contributed by atoms with Gasteiger partial charge in [0.25, 0.3) is 5.91 Å². The van der Waals surface area contributed by atoms with Gasteiger partial charge in [0, 0.05) is 16.6 Å². The van der Waals surface area contributed by atoms with Crippen LogP contribution in [-0.4, -0.2) is 22.2 Å². The summed E-state index contributed by atoms with van der Waals surface area (Å²) in [5, 5.41) is 17.2. The zero-order valence-electron chi connectivity index (χ0n) is 11.5. The van der Waals surface area contributed by atoms with E-state index in [2.05, 4.69) is 10.5 Å². The van der Waals surface area contributed by atoms with Crippen LogP contribution in [-0.2, 0) is 0 Å². The average Bonchev–Trinajstić information content (AvgIpc) is 3.14. The number of carbonyl (C=O) groups is 1. The summed E-state index contributed by atoms with van der Waals surface area (Å²) >= 11 is 5.87. The van der Waals surface area contributed by atoms with Crippen LogP contribution in [0.15, 0.2) is 28.8 Å². The van der Waals surface area contributed by atoms with Gasteiger partial charge >= 0.3 is 0 Å². The Balaban J connectivity index is 2.02. The molecule has 0 bridgehead atoms. The number of aliphatic hydroxyl groups is 1. The van der Waals surface area contributed by atoms with Gasteiger partial charge in [-0.1, -0.05) is 28.9 Å². The normalized spacial score (nSPS) is 15.8. The van der Waals surface area contributed by atoms with E-state index in [1.165, 1.54) is 0 Å². The lowest BCUT2D eigenvalue weighted by Gasteiger charge is -2.07. The molecule has 0 spiro atoms. The number of aromatic nitrogens is 1. The largest absolute Gasteiger partial charge is 0.385 e. The van der Waals surface area contributed by atoms with E-state index < -0.39 is 6.10 Å². The molecule has 21 heavy (non-hydrogen) atoms. The average molecular weight is 307 g/mol. The van der Waals surface area contributed by atoms with Gasteiger partial charge in [-0.2, -0.15) is 0 Å². The van der Waals surface area contributed by atoms with Crippen LogP contribution in [0.3, 0.4) is 0 Å². The highest BCUT2D eigenvalue weighted by molar-refractivity contribution is 6.30. The number of benzene rings is 1. The second-order valence-corrected chi connectivity index (χ2v) is 5.64. The molecule has 0 saturated heterocycles. The Bertz CT molecular complexity index is 660. The molecule has 1 aliphatic rings. The number of halogens is 1. The quantitative estimate of drug-likeness (QED) is 0.910. The van der Waals surface area contributed by atoms with E-state index in [9.17, 15) is 9.90 Å². The first-order valence-electron chi connectivity index (χ1n) is 6.80. The first kappa shape index (κ1) is 14.1. The smallest absolute Gasteiger partial charge is 0.257 e. The molecule has 110 valence electrons. The predicted octanol–water partition coefficient (Wildman–Crippen LogP) is 2.94. The van der Waals surface area contributed by atoms with Gasteiger partial charge in [-0.25, -0.2) is 0 Å². The SMILES string of the molecule is C[C@H](O)c1onc(-c2ccc(Cl)cc2)c1C(=O)NC1CC1. The van der Waals surface area contributed by atoms with Gasteiger partial charge in [-0.05, 0) is 31.9 Å². The Hall–Kier alpha value is -1.85. The van der Waals surface area contributed by atoms with Crippen molar-refractivity contribution in [1.29, 1.82) is 0 Å². The highest BCUT2D eigenvalue weighted by atomic mass is 35.5. The number of hydrogen-bond donors (Lipinski definition) is 2. The first-order chi connectivity index (χ1) is 10.1. The van der Waals surface area contributed by atoms with Gasteiger partial charge in [0.05, 0.1) is 0 Å². The highest BCUT2D eigenvalue weighted by Gasteiger charge is 2.30. The summed E-state index contributed by atoms with van der Waals surface area (Å²) in [5.41, 5.74) is 1.43. The van der Waals surface area contributed by atoms with Crippen molar-refractivity contribution in [3.63, 3.8) is 0 Å². The second-order valence-electron chi connectivity index (χ2n) is 5.20. The van der Waals surface area contributed by atoms with Crippen LogP contribution in [0.1, 0.15) is 42.0 Å². The topological polar surface area (TPSA) is 75.4 Å². The zero-order valence-corrected chi connectivity index (χ0v) is 12.2. The number of hydrogen-bond acceptors (Lipinski definition) is 4. The van der Waals surface area contributed by atoms with Crippen molar-refractivity contribution >= 4 is 17.5 Å². The lowest BCUT2D eigenvalue weighted by atomic mass is 10.0. The maximum atomic E-state index is 12.4. The summed E-state index contributed by atoms with van der Waals surface area (Å²) < 4.78 is 5.17. The molecule has 2 aromatic rings. The molecule has 1 aromatic heterocycles. The second kappa shape index (κ2) is 5.50. The minimum atomic E-state index is -0.904. The van der Waals surface area contributed by atoms with Gasteiger partial charge in [0.1, 0.15) is 17.4 Å². The van der Waals surface area contributed by atoms with Crippen molar-refractivity contribution in [2.75, 3.05) is 0 Å². The third kappa shape index (κ3) is 2.94. The molecule has 0 unspecified atom stereocenters. The predicted molar refractivity (Wildman–Crippen MR) is 78.1 cm³/mol. The molecule has 0 aliphatic heterocycles. The third-order valence-corrected chi connectivity index (χ3v) is 3.61. The summed E-state index contributed by atoms with van der Waals surface area (Å²) in [6.45, 7) is 1.54. The minimum absolute atomic E-state index is 0.179. The van der Waals surface area contributed by atoms with Crippen LogP contribution in [0.2, 0.25) is 5.02 Å². The maximum Gasteiger partial charge on any atom is 0.257 e. The van der Waals surface area contributed by atoms with Gasteiger partial charge in [-0.15, -0.1) is 0 Å². The highest BCUT2D eigenvalue weighted by Crippen LogP contribution is 2.30. The van der Waals surface area contributed by atoms with E-state index >= 15 is 0 Å². The third-order valence-electron chi connectivity index (χ3n) is 3.36. The number of aliphatic hydroxyl groups excluding tert-OH is 1. The molecule has 1 aromatic carbocycles. The summed E-state index contributed by atoms with van der Waals surface area (Å²) in [7, 11) is 0. The van der Waals surface area contributed by atoms with Gasteiger partial charge in [0.15, 0.2) is 5.76 Å². The van der Waals surface area contributed by atoms with Crippen LogP contribution in [0.25, 0.3) is 11.3 Å². The Morgan fingerprint density at radius 3 is 2.67 bits per heavy atom. The van der Waals surface area contributed by atoms with Crippen molar-refractivity contribution in [2.24, 2.45) is 0 Å². The molecule has 5 nitrogen and oxygen atoms in total. The molecule has 1 atom stereocenters. The molecular weight excluding hydrogens is 292 g/mol. The fourth-order valence-electron chi connectivity index (χ4n) is 2.10. The monoisotopic (exact) mass is 306 g/mol. The van der Waals surface area contributed by atoms with Crippen LogP contribution in [0.5, 0.6) is 0 Å². The van der Waals surface area contributed by atoms with Crippen molar-refractivity contribution in [2.45, 2.75) is 31.9 Å². The Labute approximate surface area is 126 Å². The number of amides is 1. The van der Waals surface area contributed by atoms with Crippen molar-refractivity contribution in [3.8, 4) is 11.3 Å². The summed E-state index contributed by atoms with van der Waals surface area (Å²) in [6.07, 6.45) is 1.06. The Morgan fingerprint density at radius 2 is 2.10 bits per heavy atom. The van der Waals surface area contributed by atoms with Crippen molar-refractivity contribution in [3.05, 3.63) is 40.6 Å². The van der Waals surface area contributed by atoms with E-state index in [0.29, 0.717) is 16.3 Å². The number of nitrogens with zero attached hydrogens (tertiary/aromatic N) is 1. The Kier molecular flexibility index (Phi) is 3.69. The van der Waals surface area contributed by atoms with E-state index in [0.717, 1.165) is 18.4 Å². The fraction of sp³-hybridized carbons (Fsp3) is 0.333. The molecule has 2 N–H and O–H groups in total. The molecule has 1 amide bonds. The maximum absolute atomic E-state index is 12.4. The number of nitrogens with one attached hydrogen (secondary N) is 1. The molecule has 0 radical (unpaired) electrons. The molecule has 3 rings (SSSR count). The Morgan fingerprint density at radius 1 is 1.43 bits per heavy atom. The van der Waals surface area contributed by atoms with E-state index in [1.54, 1.807) is 31.2 Å². The van der Waals surface area contributed by atoms with E-state index in [4.69, 9.17) is 16.1 Å². The first-order valence-corrected chi connectivity index (χ1v) is 7.18. The van der Waals surface area contributed by atoms with Gasteiger partial charge in [0.2, 0.25) is 0 Å². The summed E-state index contributed by atoms with van der Waals surface area (Å²) in [5.74, 6) is -0.0855. The van der Waals surface area contributed by atoms with Gasteiger partial charge < -0.3 is 14.9 Å². The summed E-state index contributed by atoms with van der Waals surface area (Å²) in [4.78, 5) is 12.4. The van der Waals surface area contributed by atoms with Crippen molar-refractivity contribution in [1.82, 2.24) is 10.5 Å². The summed E-state index contributed by atoms with van der Waals surface area (Å²) in [6, 6.07) is 7.18. The van der Waals surface area contributed by atoms with Crippen LogP contribution in [0, 0.1) is 0 Å². The molecule has 1 saturated carbocycles. The molecule has 1 fully saturated rings. The van der Waals surface area contributed by atoms with E-state index in [-0.39, 0.29) is 17.7 Å². The van der Waals surface area contributed by atoms with Crippen LogP contribution in [0.4, 0.5) is 0 Å². The standard InChI is InChI=1S/C15H15ClN2O3/c1-8(19)14-12(15(20)17-11-6-7-11)13(18-21-14)9-2-4-10(16)5-3-9/h2-5,8,11,19H,6-7H2,1H3,(H,17,20)/t8-/m0/s1. The van der Waals surface area contributed by atoms with Crippen LogP contribution >= 0.6 is 11.6 Å². The lowest BCUT2D eigenvalue weighted by Crippen LogP contribution is -2.26.